The Labute approximate surface area is 282 Å². The van der Waals surface area contributed by atoms with E-state index >= 15 is 0 Å². The molecule has 49 heavy (non-hydrogen) atoms. The van der Waals surface area contributed by atoms with Crippen molar-refractivity contribution in [1.82, 2.24) is 0 Å². The zero-order valence-corrected chi connectivity index (χ0v) is 26.6. The molecule has 226 valence electrons. The van der Waals surface area contributed by atoms with Crippen LogP contribution in [0.3, 0.4) is 0 Å². The first kappa shape index (κ1) is 26.6. The van der Waals surface area contributed by atoms with Crippen LogP contribution in [0.4, 0.5) is 0 Å². The minimum Gasteiger partial charge on any atom is -0.456 e. The molecule has 10 aromatic carbocycles. The third-order valence-electron chi connectivity index (χ3n) is 10.6. The Morgan fingerprint density at radius 3 is 1.63 bits per heavy atom. The van der Waals surface area contributed by atoms with Crippen molar-refractivity contribution in [3.63, 3.8) is 0 Å². The van der Waals surface area contributed by atoms with E-state index in [0.717, 1.165) is 11.2 Å². The van der Waals surface area contributed by atoms with Crippen LogP contribution in [0.25, 0.3) is 109 Å². The lowest BCUT2D eigenvalue weighted by Gasteiger charge is -2.19. The minimum atomic E-state index is 0.939. The quantitative estimate of drug-likeness (QED) is 0.141. The molecule has 0 unspecified atom stereocenters. The molecule has 0 spiro atoms. The zero-order valence-electron chi connectivity index (χ0n) is 26.6. The summed E-state index contributed by atoms with van der Waals surface area (Å²) in [7, 11) is 0. The van der Waals surface area contributed by atoms with Gasteiger partial charge >= 0.3 is 0 Å². The van der Waals surface area contributed by atoms with E-state index in [-0.39, 0.29) is 0 Å². The lowest BCUT2D eigenvalue weighted by Crippen LogP contribution is -1.92. The molecule has 1 nitrogen and oxygen atoms in total. The molecular formula is C48H28O. The second-order valence-corrected chi connectivity index (χ2v) is 13.2. The molecule has 0 saturated heterocycles. The summed E-state index contributed by atoms with van der Waals surface area (Å²) in [6.45, 7) is 0. The van der Waals surface area contributed by atoms with Crippen LogP contribution in [0.1, 0.15) is 0 Å². The van der Waals surface area contributed by atoms with Gasteiger partial charge < -0.3 is 4.42 Å². The van der Waals surface area contributed by atoms with E-state index in [4.69, 9.17) is 4.42 Å². The van der Waals surface area contributed by atoms with E-state index in [9.17, 15) is 0 Å². The molecule has 0 bridgehead atoms. The minimum absolute atomic E-state index is 0.939. The van der Waals surface area contributed by atoms with Crippen LogP contribution in [0.5, 0.6) is 0 Å². The van der Waals surface area contributed by atoms with Gasteiger partial charge in [-0.2, -0.15) is 0 Å². The SMILES string of the molecule is c1cc(-c2ccc3c(ccc4ccccc43)c2)cc(-c2c3ccccc3c(-c3cc4cccc5oc6cccc3c6c45)c3ccccc23)c1. The number of benzene rings is 10. The highest BCUT2D eigenvalue weighted by atomic mass is 16.3. The molecular weight excluding hydrogens is 593 g/mol. The smallest absolute Gasteiger partial charge is 0.136 e. The molecule has 1 heterocycles. The van der Waals surface area contributed by atoms with Crippen LogP contribution >= 0.6 is 0 Å². The van der Waals surface area contributed by atoms with Crippen molar-refractivity contribution in [3.05, 3.63) is 170 Å². The van der Waals surface area contributed by atoms with Crippen molar-refractivity contribution in [1.29, 1.82) is 0 Å². The number of hydrogen-bond donors (Lipinski definition) is 0. The Kier molecular flexibility index (Phi) is 5.45. The average Bonchev–Trinajstić information content (AvgIpc) is 3.56. The average molecular weight is 621 g/mol. The summed E-state index contributed by atoms with van der Waals surface area (Å²) in [5.41, 5.74) is 9.32. The maximum Gasteiger partial charge on any atom is 0.136 e. The van der Waals surface area contributed by atoms with Gasteiger partial charge in [-0.05, 0) is 118 Å². The van der Waals surface area contributed by atoms with Crippen molar-refractivity contribution in [2.45, 2.75) is 0 Å². The highest BCUT2D eigenvalue weighted by Gasteiger charge is 2.21. The van der Waals surface area contributed by atoms with E-state index in [2.05, 4.69) is 170 Å². The number of furan rings is 1. The molecule has 0 atom stereocenters. The molecule has 1 heteroatoms. The molecule has 0 N–H and O–H groups in total. The molecule has 0 aliphatic rings. The van der Waals surface area contributed by atoms with Gasteiger partial charge in [0.05, 0.1) is 0 Å². The lowest BCUT2D eigenvalue weighted by molar-refractivity contribution is 0.669. The molecule has 11 rings (SSSR count). The Hall–Kier alpha value is -6.44. The highest BCUT2D eigenvalue weighted by molar-refractivity contribution is 6.29. The van der Waals surface area contributed by atoms with E-state index in [1.807, 2.05) is 0 Å². The Balaban J connectivity index is 1.17. The van der Waals surface area contributed by atoms with E-state index < -0.39 is 0 Å². The van der Waals surface area contributed by atoms with Gasteiger partial charge in [-0.25, -0.2) is 0 Å². The summed E-state index contributed by atoms with van der Waals surface area (Å²) in [5, 5.41) is 15.0. The largest absolute Gasteiger partial charge is 0.456 e. The van der Waals surface area contributed by atoms with Crippen LogP contribution in [0.15, 0.2) is 174 Å². The van der Waals surface area contributed by atoms with Crippen LogP contribution in [0, 0.1) is 0 Å². The van der Waals surface area contributed by atoms with Gasteiger partial charge in [0.25, 0.3) is 0 Å². The maximum atomic E-state index is 6.35. The first-order valence-corrected chi connectivity index (χ1v) is 16.9. The molecule has 0 saturated carbocycles. The third-order valence-corrected chi connectivity index (χ3v) is 10.6. The fraction of sp³-hybridized carbons (Fsp3) is 0. The predicted octanol–water partition coefficient (Wildman–Crippen LogP) is 13.8. The third kappa shape index (κ3) is 3.82. The van der Waals surface area contributed by atoms with Crippen LogP contribution < -0.4 is 0 Å². The second-order valence-electron chi connectivity index (χ2n) is 13.2. The monoisotopic (exact) mass is 620 g/mol. The van der Waals surface area contributed by atoms with E-state index in [1.54, 1.807) is 0 Å². The molecule has 11 aromatic rings. The van der Waals surface area contributed by atoms with E-state index in [1.165, 1.54) is 98.0 Å². The Bertz CT molecular complexity index is 3050. The first-order chi connectivity index (χ1) is 24.3. The molecule has 0 aliphatic carbocycles. The Morgan fingerprint density at radius 2 is 0.837 bits per heavy atom. The zero-order chi connectivity index (χ0) is 32.1. The van der Waals surface area contributed by atoms with Gasteiger partial charge in [-0.3, -0.25) is 0 Å². The lowest BCUT2D eigenvalue weighted by atomic mass is 9.83. The Morgan fingerprint density at radius 1 is 0.286 bits per heavy atom. The molecule has 1 aromatic heterocycles. The molecule has 0 aliphatic heterocycles. The summed E-state index contributed by atoms with van der Waals surface area (Å²) in [4.78, 5) is 0. The number of fused-ring (bicyclic) bond motifs is 5. The van der Waals surface area contributed by atoms with E-state index in [0.29, 0.717) is 0 Å². The van der Waals surface area contributed by atoms with Crippen molar-refractivity contribution in [3.8, 4) is 33.4 Å². The molecule has 0 amide bonds. The highest BCUT2D eigenvalue weighted by Crippen LogP contribution is 2.48. The van der Waals surface area contributed by atoms with Gasteiger partial charge in [0.15, 0.2) is 0 Å². The van der Waals surface area contributed by atoms with Crippen molar-refractivity contribution in [2.24, 2.45) is 0 Å². The summed E-state index contributed by atoms with van der Waals surface area (Å²) < 4.78 is 6.35. The first-order valence-electron chi connectivity index (χ1n) is 16.9. The van der Waals surface area contributed by atoms with Crippen LogP contribution in [-0.2, 0) is 0 Å². The van der Waals surface area contributed by atoms with Crippen molar-refractivity contribution in [2.75, 3.05) is 0 Å². The fourth-order valence-corrected chi connectivity index (χ4v) is 8.45. The van der Waals surface area contributed by atoms with Crippen molar-refractivity contribution >= 4 is 75.8 Å². The molecule has 0 radical (unpaired) electrons. The van der Waals surface area contributed by atoms with Gasteiger partial charge in [-0.1, -0.05) is 140 Å². The van der Waals surface area contributed by atoms with Gasteiger partial charge in [0, 0.05) is 10.8 Å². The van der Waals surface area contributed by atoms with Gasteiger partial charge in [0.2, 0.25) is 0 Å². The van der Waals surface area contributed by atoms with Gasteiger partial charge in [0.1, 0.15) is 11.2 Å². The van der Waals surface area contributed by atoms with Crippen molar-refractivity contribution < 1.29 is 4.42 Å². The molecule has 0 fully saturated rings. The number of hydrogen-bond acceptors (Lipinski definition) is 1. The predicted molar refractivity (Wildman–Crippen MR) is 209 cm³/mol. The summed E-state index contributed by atoms with van der Waals surface area (Å²) in [6.07, 6.45) is 0. The maximum absolute atomic E-state index is 6.35. The normalized spacial score (nSPS) is 12.1. The summed E-state index contributed by atoms with van der Waals surface area (Å²) in [5.74, 6) is 0. The topological polar surface area (TPSA) is 13.1 Å². The summed E-state index contributed by atoms with van der Waals surface area (Å²) >= 11 is 0. The second kappa shape index (κ2) is 10.0. The standard InChI is InChI=1S/C48H28O/c1-2-14-35-29(10-1)22-23-32-26-31(24-25-36(32)35)30-11-7-12-33(27-30)45-37-15-3-5-17-39(37)47(40-18-6-4-16-38(40)45)42-28-34-13-8-20-43-46(34)48-41(42)19-9-21-44(48)49-43/h1-28H. The summed E-state index contributed by atoms with van der Waals surface area (Å²) in [6, 6.07) is 62.2. The number of rotatable bonds is 3. The van der Waals surface area contributed by atoms with Gasteiger partial charge in [-0.15, -0.1) is 0 Å². The van der Waals surface area contributed by atoms with Crippen LogP contribution in [-0.4, -0.2) is 0 Å². The van der Waals surface area contributed by atoms with Crippen LogP contribution in [0.2, 0.25) is 0 Å². The fourth-order valence-electron chi connectivity index (χ4n) is 8.45.